The van der Waals surface area contributed by atoms with Gasteiger partial charge in [0.15, 0.2) is 0 Å². The lowest BCUT2D eigenvalue weighted by molar-refractivity contribution is 0.163. The molecule has 0 aromatic heterocycles. The summed E-state index contributed by atoms with van der Waals surface area (Å²) in [6, 6.07) is 0. The minimum atomic E-state index is 0.731. The minimum absolute atomic E-state index is 0.731. The van der Waals surface area contributed by atoms with Gasteiger partial charge >= 0.3 is 0 Å². The van der Waals surface area contributed by atoms with E-state index in [-0.39, 0.29) is 0 Å². The molecule has 0 saturated carbocycles. The topological polar surface area (TPSA) is 9.23 Å². The van der Waals surface area contributed by atoms with E-state index in [0.29, 0.717) is 0 Å². The molecule has 0 aliphatic rings. The van der Waals surface area contributed by atoms with Crippen molar-refractivity contribution < 1.29 is 4.74 Å². The summed E-state index contributed by atoms with van der Waals surface area (Å²) in [5, 5.41) is 0. The highest BCUT2D eigenvalue weighted by Crippen LogP contribution is 1.82. The Balaban J connectivity index is 2.82. The molecule has 2 heteroatoms. The molecule has 0 spiro atoms. The average molecular weight is 146 g/mol. The second kappa shape index (κ2) is 8.05. The molecule has 0 aromatic rings. The van der Waals surface area contributed by atoms with Crippen LogP contribution in [0.15, 0.2) is 12.2 Å². The van der Waals surface area contributed by atoms with Gasteiger partial charge in [-0.1, -0.05) is 19.1 Å². The summed E-state index contributed by atoms with van der Waals surface area (Å²) in [5.74, 6) is 0.801. The van der Waals surface area contributed by atoms with Crippen molar-refractivity contribution in [3.8, 4) is 0 Å². The third kappa shape index (κ3) is 8.05. The van der Waals surface area contributed by atoms with Crippen LogP contribution in [0.4, 0.5) is 0 Å². The van der Waals surface area contributed by atoms with Gasteiger partial charge in [-0.3, -0.25) is 0 Å². The second-order valence-electron chi connectivity index (χ2n) is 1.73. The average Bonchev–Trinajstić information content (AvgIpc) is 1.89. The first-order valence-electron chi connectivity index (χ1n) is 3.25. The van der Waals surface area contributed by atoms with E-state index in [4.69, 9.17) is 4.74 Å². The molecule has 1 nitrogen and oxygen atoms in total. The first-order chi connectivity index (χ1) is 4.41. The summed E-state index contributed by atoms with van der Waals surface area (Å²) in [4.78, 5) is 0. The third-order valence-electron chi connectivity index (χ3n) is 0.835. The maximum atomic E-state index is 5.16. The molecule has 0 amide bonds. The van der Waals surface area contributed by atoms with Gasteiger partial charge in [0.2, 0.25) is 0 Å². The lowest BCUT2D eigenvalue weighted by atomic mass is 10.5. The normalized spacial score (nSPS) is 10.9. The third-order valence-corrected chi connectivity index (χ3v) is 1.05. The Kier molecular flexibility index (Phi) is 8.09. The SMILES string of the molecule is CCCOCC=CCS. The van der Waals surface area contributed by atoms with Crippen LogP contribution in [-0.2, 0) is 4.74 Å². The van der Waals surface area contributed by atoms with E-state index in [1.54, 1.807) is 0 Å². The molecule has 0 heterocycles. The molecule has 54 valence electrons. The van der Waals surface area contributed by atoms with Gasteiger partial charge in [0.05, 0.1) is 6.61 Å². The summed E-state index contributed by atoms with van der Waals surface area (Å²) in [5.41, 5.74) is 0. The summed E-state index contributed by atoms with van der Waals surface area (Å²) in [6.07, 6.45) is 5.07. The number of ether oxygens (including phenoxy) is 1. The van der Waals surface area contributed by atoms with Crippen LogP contribution in [0.1, 0.15) is 13.3 Å². The number of rotatable bonds is 5. The van der Waals surface area contributed by atoms with Crippen molar-refractivity contribution >= 4 is 12.6 Å². The van der Waals surface area contributed by atoms with E-state index in [9.17, 15) is 0 Å². The molecule has 9 heavy (non-hydrogen) atoms. The first kappa shape index (κ1) is 9.05. The van der Waals surface area contributed by atoms with Crippen LogP contribution in [0.2, 0.25) is 0 Å². The molecule has 0 aliphatic carbocycles. The Labute approximate surface area is 62.5 Å². The van der Waals surface area contributed by atoms with Crippen LogP contribution < -0.4 is 0 Å². The Morgan fingerprint density at radius 3 is 2.78 bits per heavy atom. The molecule has 0 fully saturated rings. The van der Waals surface area contributed by atoms with Crippen molar-refractivity contribution in [3.05, 3.63) is 12.2 Å². The van der Waals surface area contributed by atoms with Gasteiger partial charge in [0.1, 0.15) is 0 Å². The van der Waals surface area contributed by atoms with Crippen molar-refractivity contribution in [2.75, 3.05) is 19.0 Å². The van der Waals surface area contributed by atoms with Crippen molar-refractivity contribution in [2.24, 2.45) is 0 Å². The lowest BCUT2D eigenvalue weighted by Crippen LogP contribution is -1.91. The molecule has 0 unspecified atom stereocenters. The molecule has 0 radical (unpaired) electrons. The maximum absolute atomic E-state index is 5.16. The number of thiol groups is 1. The van der Waals surface area contributed by atoms with E-state index >= 15 is 0 Å². The molecular formula is C7H14OS. The summed E-state index contributed by atoms with van der Waals surface area (Å²) in [6.45, 7) is 3.69. The van der Waals surface area contributed by atoms with Crippen molar-refractivity contribution in [3.63, 3.8) is 0 Å². The molecule has 0 saturated heterocycles. The second-order valence-corrected chi connectivity index (χ2v) is 2.09. The molecule has 0 bridgehead atoms. The van der Waals surface area contributed by atoms with Crippen LogP contribution in [-0.4, -0.2) is 19.0 Å². The van der Waals surface area contributed by atoms with Crippen LogP contribution >= 0.6 is 12.6 Å². The Morgan fingerprint density at radius 1 is 1.44 bits per heavy atom. The van der Waals surface area contributed by atoms with E-state index < -0.39 is 0 Å². The van der Waals surface area contributed by atoms with E-state index in [1.807, 2.05) is 12.2 Å². The van der Waals surface area contributed by atoms with Gasteiger partial charge in [0, 0.05) is 12.4 Å². The Hall–Kier alpha value is 0.0500. The minimum Gasteiger partial charge on any atom is -0.377 e. The van der Waals surface area contributed by atoms with Crippen molar-refractivity contribution in [2.45, 2.75) is 13.3 Å². The van der Waals surface area contributed by atoms with Crippen molar-refractivity contribution in [1.29, 1.82) is 0 Å². The van der Waals surface area contributed by atoms with E-state index in [0.717, 1.165) is 25.4 Å². The van der Waals surface area contributed by atoms with Gasteiger partial charge in [-0.25, -0.2) is 0 Å². The van der Waals surface area contributed by atoms with Gasteiger partial charge in [0.25, 0.3) is 0 Å². The number of hydrogen-bond donors (Lipinski definition) is 1. The van der Waals surface area contributed by atoms with E-state index in [1.165, 1.54) is 0 Å². The van der Waals surface area contributed by atoms with E-state index in [2.05, 4.69) is 19.6 Å². The van der Waals surface area contributed by atoms with Crippen LogP contribution in [0.3, 0.4) is 0 Å². The van der Waals surface area contributed by atoms with Crippen LogP contribution in [0.25, 0.3) is 0 Å². The van der Waals surface area contributed by atoms with Gasteiger partial charge in [-0.05, 0) is 6.42 Å². The molecule has 0 aliphatic heterocycles. The predicted octanol–water partition coefficient (Wildman–Crippen LogP) is 1.90. The fourth-order valence-corrected chi connectivity index (χ4v) is 0.587. The predicted molar refractivity (Wildman–Crippen MR) is 44.1 cm³/mol. The number of hydrogen-bond acceptors (Lipinski definition) is 2. The molecular weight excluding hydrogens is 132 g/mol. The quantitative estimate of drug-likeness (QED) is 0.354. The highest BCUT2D eigenvalue weighted by atomic mass is 32.1. The highest BCUT2D eigenvalue weighted by Gasteiger charge is 1.77. The zero-order valence-corrected chi connectivity index (χ0v) is 6.73. The monoisotopic (exact) mass is 146 g/mol. The smallest absolute Gasteiger partial charge is 0.0647 e. The standard InChI is InChI=1S/C7H14OS/c1-2-5-8-6-3-4-7-9/h3-4,9H,2,5-7H2,1H3. The largest absolute Gasteiger partial charge is 0.377 e. The fourth-order valence-electron chi connectivity index (χ4n) is 0.438. The summed E-state index contributed by atoms with van der Waals surface area (Å²) < 4.78 is 5.16. The molecule has 0 aromatic carbocycles. The molecule has 0 N–H and O–H groups in total. The Bertz CT molecular complexity index is 71.3. The summed E-state index contributed by atoms with van der Waals surface area (Å²) in [7, 11) is 0. The molecule has 0 rings (SSSR count). The fraction of sp³-hybridized carbons (Fsp3) is 0.714. The van der Waals surface area contributed by atoms with Crippen molar-refractivity contribution in [1.82, 2.24) is 0 Å². The zero-order chi connectivity index (χ0) is 6.95. The lowest BCUT2D eigenvalue weighted by Gasteiger charge is -1.94. The highest BCUT2D eigenvalue weighted by molar-refractivity contribution is 7.80. The maximum Gasteiger partial charge on any atom is 0.0647 e. The van der Waals surface area contributed by atoms with Crippen LogP contribution in [0.5, 0.6) is 0 Å². The summed E-state index contributed by atoms with van der Waals surface area (Å²) >= 11 is 4.00. The zero-order valence-electron chi connectivity index (χ0n) is 5.84. The van der Waals surface area contributed by atoms with Gasteiger partial charge in [-0.2, -0.15) is 12.6 Å². The first-order valence-corrected chi connectivity index (χ1v) is 3.88. The van der Waals surface area contributed by atoms with Crippen LogP contribution in [0, 0.1) is 0 Å². The van der Waals surface area contributed by atoms with Gasteiger partial charge < -0.3 is 4.74 Å². The Morgan fingerprint density at radius 2 is 2.22 bits per heavy atom. The molecule has 0 atom stereocenters. The van der Waals surface area contributed by atoms with Gasteiger partial charge in [-0.15, -0.1) is 0 Å².